The lowest BCUT2D eigenvalue weighted by atomic mass is 10.1. The molecule has 4 aromatic rings. The molecule has 0 saturated carbocycles. The van der Waals surface area contributed by atoms with E-state index >= 15 is 0 Å². The van der Waals surface area contributed by atoms with Gasteiger partial charge in [-0.3, -0.25) is 0 Å². The number of unbranched alkanes of at least 4 members (excludes halogenated alkanes) is 2. The monoisotopic (exact) mass is 411 g/mol. The summed E-state index contributed by atoms with van der Waals surface area (Å²) in [5.41, 5.74) is 2.31. The second kappa shape index (κ2) is 9.85. The zero-order valence-electron chi connectivity index (χ0n) is 17.5. The largest absolute Gasteiger partial charge is 0.507 e. The number of phenolic OH excluding ortho intramolecular Hbond substituents is 1. The van der Waals surface area contributed by atoms with Crippen LogP contribution in [-0.4, -0.2) is 26.7 Å². The van der Waals surface area contributed by atoms with Crippen LogP contribution in [0.5, 0.6) is 11.5 Å². The van der Waals surface area contributed by atoms with E-state index in [-0.39, 0.29) is 5.75 Å². The van der Waals surface area contributed by atoms with E-state index in [2.05, 4.69) is 21.9 Å². The van der Waals surface area contributed by atoms with Gasteiger partial charge in [0.15, 0.2) is 17.5 Å². The van der Waals surface area contributed by atoms with Crippen molar-refractivity contribution in [2.75, 3.05) is 6.61 Å². The lowest BCUT2D eigenvalue weighted by molar-refractivity contribution is 0.304. The number of benzene rings is 3. The molecule has 5 heteroatoms. The Morgan fingerprint density at radius 3 is 1.84 bits per heavy atom. The van der Waals surface area contributed by atoms with E-state index in [1.54, 1.807) is 12.1 Å². The highest BCUT2D eigenvalue weighted by atomic mass is 16.5. The number of rotatable bonds is 8. The molecule has 0 unspecified atom stereocenters. The summed E-state index contributed by atoms with van der Waals surface area (Å²) in [6.45, 7) is 2.79. The SMILES string of the molecule is CCCCCOc1ccc(-c2nc(-c3ccccc3)nc(-c3ccccc3)n2)c(O)c1. The van der Waals surface area contributed by atoms with Gasteiger partial charge in [0.25, 0.3) is 0 Å². The molecule has 0 spiro atoms. The molecule has 1 aromatic heterocycles. The normalized spacial score (nSPS) is 10.7. The topological polar surface area (TPSA) is 68.1 Å². The van der Waals surface area contributed by atoms with Crippen molar-refractivity contribution in [3.63, 3.8) is 0 Å². The number of aromatic nitrogens is 3. The van der Waals surface area contributed by atoms with Crippen LogP contribution in [0, 0.1) is 0 Å². The maximum Gasteiger partial charge on any atom is 0.167 e. The molecule has 0 saturated heterocycles. The van der Waals surface area contributed by atoms with Gasteiger partial charge in [-0.2, -0.15) is 0 Å². The molecule has 0 aliphatic rings. The zero-order valence-corrected chi connectivity index (χ0v) is 17.5. The van der Waals surface area contributed by atoms with Crippen molar-refractivity contribution < 1.29 is 9.84 Å². The molecule has 4 rings (SSSR count). The number of hydrogen-bond donors (Lipinski definition) is 1. The first-order chi connectivity index (χ1) is 15.2. The van der Waals surface area contributed by atoms with Crippen LogP contribution in [0.1, 0.15) is 26.2 Å². The van der Waals surface area contributed by atoms with Gasteiger partial charge in [-0.15, -0.1) is 0 Å². The van der Waals surface area contributed by atoms with E-state index in [0.29, 0.717) is 35.4 Å². The zero-order chi connectivity index (χ0) is 21.5. The van der Waals surface area contributed by atoms with Gasteiger partial charge < -0.3 is 9.84 Å². The fourth-order valence-electron chi connectivity index (χ4n) is 3.26. The third kappa shape index (κ3) is 5.07. The maximum atomic E-state index is 10.7. The minimum absolute atomic E-state index is 0.0808. The van der Waals surface area contributed by atoms with E-state index in [0.717, 1.165) is 30.4 Å². The molecule has 31 heavy (non-hydrogen) atoms. The van der Waals surface area contributed by atoms with Gasteiger partial charge in [-0.25, -0.2) is 15.0 Å². The van der Waals surface area contributed by atoms with Crippen molar-refractivity contribution in [3.05, 3.63) is 78.9 Å². The smallest absolute Gasteiger partial charge is 0.167 e. The second-order valence-corrected chi connectivity index (χ2v) is 7.27. The minimum Gasteiger partial charge on any atom is -0.507 e. The van der Waals surface area contributed by atoms with Crippen LogP contribution in [0.25, 0.3) is 34.2 Å². The number of nitrogens with zero attached hydrogens (tertiary/aromatic N) is 3. The third-order valence-electron chi connectivity index (χ3n) is 4.93. The molecule has 0 aliphatic heterocycles. The molecule has 0 amide bonds. The fraction of sp³-hybridized carbons (Fsp3) is 0.192. The van der Waals surface area contributed by atoms with Crippen LogP contribution in [0.3, 0.4) is 0 Å². The molecule has 5 nitrogen and oxygen atoms in total. The molecule has 0 aliphatic carbocycles. The van der Waals surface area contributed by atoms with E-state index < -0.39 is 0 Å². The van der Waals surface area contributed by atoms with Gasteiger partial charge in [0.05, 0.1) is 12.2 Å². The van der Waals surface area contributed by atoms with Gasteiger partial charge in [0.1, 0.15) is 11.5 Å². The molecule has 3 aromatic carbocycles. The Labute approximate surface area is 182 Å². The highest BCUT2D eigenvalue weighted by Crippen LogP contribution is 2.32. The van der Waals surface area contributed by atoms with Crippen molar-refractivity contribution >= 4 is 0 Å². The molecule has 0 radical (unpaired) electrons. The predicted octanol–water partition coefficient (Wildman–Crippen LogP) is 6.15. The summed E-state index contributed by atoms with van der Waals surface area (Å²) < 4.78 is 5.75. The molecular weight excluding hydrogens is 386 g/mol. The van der Waals surface area contributed by atoms with Gasteiger partial charge in [-0.05, 0) is 18.6 Å². The summed E-state index contributed by atoms with van der Waals surface area (Å²) in [5.74, 6) is 2.26. The van der Waals surface area contributed by atoms with Crippen LogP contribution in [-0.2, 0) is 0 Å². The third-order valence-corrected chi connectivity index (χ3v) is 4.93. The Balaban J connectivity index is 1.72. The van der Waals surface area contributed by atoms with Crippen LogP contribution in [0.4, 0.5) is 0 Å². The number of aromatic hydroxyl groups is 1. The maximum absolute atomic E-state index is 10.7. The first-order valence-corrected chi connectivity index (χ1v) is 10.6. The number of hydrogen-bond acceptors (Lipinski definition) is 5. The van der Waals surface area contributed by atoms with Crippen molar-refractivity contribution in [3.8, 4) is 45.7 Å². The van der Waals surface area contributed by atoms with E-state index in [4.69, 9.17) is 4.74 Å². The Morgan fingerprint density at radius 1 is 0.710 bits per heavy atom. The molecule has 1 N–H and O–H groups in total. The lowest BCUT2D eigenvalue weighted by Gasteiger charge is -2.11. The van der Waals surface area contributed by atoms with Crippen molar-refractivity contribution in [1.29, 1.82) is 0 Å². The Bertz CT molecular complexity index is 1070. The van der Waals surface area contributed by atoms with E-state index in [9.17, 15) is 5.11 Å². The van der Waals surface area contributed by atoms with Gasteiger partial charge in [0, 0.05) is 17.2 Å². The Kier molecular flexibility index (Phi) is 6.53. The molecule has 0 bridgehead atoms. The summed E-state index contributed by atoms with van der Waals surface area (Å²) in [5, 5.41) is 10.7. The molecule has 0 fully saturated rings. The number of phenols is 1. The molecule has 0 atom stereocenters. The first-order valence-electron chi connectivity index (χ1n) is 10.6. The van der Waals surface area contributed by atoms with Gasteiger partial charge >= 0.3 is 0 Å². The summed E-state index contributed by atoms with van der Waals surface area (Å²) in [7, 11) is 0. The number of ether oxygens (including phenoxy) is 1. The quantitative estimate of drug-likeness (QED) is 0.352. The van der Waals surface area contributed by atoms with Crippen molar-refractivity contribution in [2.45, 2.75) is 26.2 Å². The lowest BCUT2D eigenvalue weighted by Crippen LogP contribution is -2.01. The average Bonchev–Trinajstić information content (AvgIpc) is 2.83. The predicted molar refractivity (Wildman–Crippen MR) is 123 cm³/mol. The standard InChI is InChI=1S/C26H25N3O2/c1-2-3-10-17-31-21-15-16-22(23(30)18-21)26-28-24(19-11-6-4-7-12-19)27-25(29-26)20-13-8-5-9-14-20/h4-9,11-16,18,30H,2-3,10,17H2,1H3. The fourth-order valence-corrected chi connectivity index (χ4v) is 3.26. The van der Waals surface area contributed by atoms with Crippen LogP contribution in [0.2, 0.25) is 0 Å². The molecule has 1 heterocycles. The summed E-state index contributed by atoms with van der Waals surface area (Å²) >= 11 is 0. The van der Waals surface area contributed by atoms with E-state index in [1.807, 2.05) is 66.7 Å². The molecular formula is C26H25N3O2. The summed E-state index contributed by atoms with van der Waals surface area (Å²) in [6, 6.07) is 24.8. The van der Waals surface area contributed by atoms with Crippen LogP contribution in [0.15, 0.2) is 78.9 Å². The Morgan fingerprint density at radius 2 is 1.29 bits per heavy atom. The first kappa shape index (κ1) is 20.5. The van der Waals surface area contributed by atoms with Crippen LogP contribution < -0.4 is 4.74 Å². The minimum atomic E-state index is 0.0808. The average molecular weight is 412 g/mol. The van der Waals surface area contributed by atoms with Gasteiger partial charge in [-0.1, -0.05) is 80.4 Å². The highest BCUT2D eigenvalue weighted by Gasteiger charge is 2.15. The van der Waals surface area contributed by atoms with Gasteiger partial charge in [0.2, 0.25) is 0 Å². The molecule has 156 valence electrons. The summed E-state index contributed by atoms with van der Waals surface area (Å²) in [6.07, 6.45) is 3.26. The van der Waals surface area contributed by atoms with Crippen molar-refractivity contribution in [2.24, 2.45) is 0 Å². The Hall–Kier alpha value is -3.73. The van der Waals surface area contributed by atoms with E-state index in [1.165, 1.54) is 0 Å². The van der Waals surface area contributed by atoms with Crippen LogP contribution >= 0.6 is 0 Å². The highest BCUT2D eigenvalue weighted by molar-refractivity contribution is 5.70. The van der Waals surface area contributed by atoms with Crippen molar-refractivity contribution in [1.82, 2.24) is 15.0 Å². The second-order valence-electron chi connectivity index (χ2n) is 7.27. The summed E-state index contributed by atoms with van der Waals surface area (Å²) in [4.78, 5) is 14.0.